The summed E-state index contributed by atoms with van der Waals surface area (Å²) in [5, 5.41) is 5.30. The van der Waals surface area contributed by atoms with Gasteiger partial charge in [-0.25, -0.2) is 14.4 Å². The summed E-state index contributed by atoms with van der Waals surface area (Å²) in [7, 11) is 0. The molecule has 10 nitrogen and oxygen atoms in total. The first-order chi connectivity index (χ1) is 17.1. The molecule has 37 heavy (non-hydrogen) atoms. The van der Waals surface area contributed by atoms with E-state index in [0.29, 0.717) is 43.6 Å². The van der Waals surface area contributed by atoms with Crippen LogP contribution in [0.1, 0.15) is 92.9 Å². The van der Waals surface area contributed by atoms with Crippen LogP contribution in [0.25, 0.3) is 0 Å². The van der Waals surface area contributed by atoms with E-state index in [-0.39, 0.29) is 18.4 Å². The quantitative estimate of drug-likeness (QED) is 0.201. The molecule has 0 radical (unpaired) electrons. The molecule has 0 saturated heterocycles. The molecule has 0 aliphatic heterocycles. The number of fused-ring (bicyclic) bond motifs is 1. The fourth-order valence-corrected chi connectivity index (χ4v) is 5.76. The third-order valence-electron chi connectivity index (χ3n) is 7.32. The van der Waals surface area contributed by atoms with E-state index in [2.05, 4.69) is 10.6 Å². The number of ether oxygens (including phenoxy) is 3. The highest BCUT2D eigenvalue weighted by Crippen LogP contribution is 2.76. The molecule has 2 amide bonds. The topological polar surface area (TPSA) is 146 Å². The van der Waals surface area contributed by atoms with Crippen LogP contribution in [0, 0.1) is 17.8 Å². The monoisotopic (exact) mass is 523 g/mol. The molecule has 0 bridgehead atoms. The SMILES string of the molecule is CC(C)(C)OC(=O)CC[C@@H](NC(=O)N[C@@H](CCCCN)C(=O)OC12CCC3[C@@H](C1)[C@@H]32)C(=O)OC(C)(C)C. The van der Waals surface area contributed by atoms with Crippen molar-refractivity contribution < 1.29 is 33.4 Å². The minimum atomic E-state index is -1.10. The van der Waals surface area contributed by atoms with Crippen molar-refractivity contribution >= 4 is 23.9 Å². The summed E-state index contributed by atoms with van der Waals surface area (Å²) >= 11 is 0. The summed E-state index contributed by atoms with van der Waals surface area (Å²) in [6.45, 7) is 10.9. The number of urea groups is 1. The van der Waals surface area contributed by atoms with Crippen molar-refractivity contribution in [1.82, 2.24) is 10.6 Å². The first kappa shape index (κ1) is 29.2. The first-order valence-corrected chi connectivity index (χ1v) is 13.6. The molecule has 0 spiro atoms. The minimum absolute atomic E-state index is 0.00684. The molecule has 3 saturated carbocycles. The van der Waals surface area contributed by atoms with Gasteiger partial charge < -0.3 is 30.6 Å². The number of nitrogens with one attached hydrogen (secondary N) is 2. The van der Waals surface area contributed by atoms with Crippen molar-refractivity contribution in [1.29, 1.82) is 0 Å². The van der Waals surface area contributed by atoms with E-state index in [1.807, 2.05) is 0 Å². The number of carbonyl (C=O) groups is 4. The van der Waals surface area contributed by atoms with Crippen molar-refractivity contribution in [2.75, 3.05) is 6.54 Å². The van der Waals surface area contributed by atoms with Crippen LogP contribution in [0.15, 0.2) is 0 Å². The van der Waals surface area contributed by atoms with E-state index >= 15 is 0 Å². The molecule has 4 N–H and O–H groups in total. The van der Waals surface area contributed by atoms with Crippen LogP contribution in [0.2, 0.25) is 0 Å². The van der Waals surface area contributed by atoms with Gasteiger partial charge in [0.15, 0.2) is 0 Å². The van der Waals surface area contributed by atoms with Crippen LogP contribution < -0.4 is 16.4 Å². The van der Waals surface area contributed by atoms with Crippen LogP contribution in [0.3, 0.4) is 0 Å². The van der Waals surface area contributed by atoms with E-state index in [1.165, 1.54) is 0 Å². The van der Waals surface area contributed by atoms with Gasteiger partial charge in [0.05, 0.1) is 0 Å². The molecule has 3 fully saturated rings. The largest absolute Gasteiger partial charge is 0.460 e. The lowest BCUT2D eigenvalue weighted by atomic mass is 9.77. The zero-order valence-corrected chi connectivity index (χ0v) is 23.2. The predicted octanol–water partition coefficient (Wildman–Crippen LogP) is 2.96. The summed E-state index contributed by atoms with van der Waals surface area (Å²) < 4.78 is 16.8. The maximum Gasteiger partial charge on any atom is 0.329 e. The van der Waals surface area contributed by atoms with Gasteiger partial charge >= 0.3 is 23.9 Å². The molecule has 10 heteroatoms. The number of rotatable bonds is 12. The summed E-state index contributed by atoms with van der Waals surface area (Å²) in [4.78, 5) is 51.1. The maximum absolute atomic E-state index is 13.1. The Morgan fingerprint density at radius 2 is 1.51 bits per heavy atom. The van der Waals surface area contributed by atoms with Gasteiger partial charge in [0.1, 0.15) is 28.9 Å². The Morgan fingerprint density at radius 1 is 0.892 bits per heavy atom. The fraction of sp³-hybridized carbons (Fsp3) is 0.852. The van der Waals surface area contributed by atoms with Crippen LogP contribution >= 0.6 is 0 Å². The lowest BCUT2D eigenvalue weighted by Gasteiger charge is -2.41. The number of carbonyl (C=O) groups excluding carboxylic acids is 4. The van der Waals surface area contributed by atoms with E-state index in [0.717, 1.165) is 19.3 Å². The second-order valence-electron chi connectivity index (χ2n) is 12.7. The molecule has 0 heterocycles. The Kier molecular flexibility index (Phi) is 8.82. The average Bonchev–Trinajstić information content (AvgIpc) is 3.25. The summed E-state index contributed by atoms with van der Waals surface area (Å²) in [5.41, 5.74) is 3.81. The Hall–Kier alpha value is -2.36. The van der Waals surface area contributed by atoms with Crippen LogP contribution in [-0.2, 0) is 28.6 Å². The highest BCUT2D eigenvalue weighted by Gasteiger charge is 2.77. The van der Waals surface area contributed by atoms with Gasteiger partial charge in [0, 0.05) is 12.3 Å². The summed E-state index contributed by atoms with van der Waals surface area (Å²) in [6.07, 6.45) is 4.55. The number of unbranched alkanes of at least 4 members (excludes halogenated alkanes) is 1. The molecule has 3 rings (SSSR count). The lowest BCUT2D eigenvalue weighted by Crippen LogP contribution is -2.54. The standard InChI is InChI=1S/C27H45N3O7/c1-25(2,3)35-20(31)11-10-19(22(32)36-26(4,5)6)30-24(34)29-18(9-7-8-14-28)23(33)37-27-13-12-16-17(15-27)21(16)27/h16-19,21H,7-15,28H2,1-6H3,(H2,29,30,34)/t16?,17-,18+,19-,21-,27?/m1/s1. The maximum atomic E-state index is 13.1. The molecule has 6 atom stereocenters. The number of hydrogen-bond acceptors (Lipinski definition) is 8. The third kappa shape index (κ3) is 7.82. The third-order valence-corrected chi connectivity index (χ3v) is 7.32. The zero-order chi connectivity index (χ0) is 27.6. The number of nitrogens with two attached hydrogens (primary N) is 1. The van der Waals surface area contributed by atoms with Gasteiger partial charge in [-0.05, 0) is 105 Å². The van der Waals surface area contributed by atoms with Crippen LogP contribution in [0.4, 0.5) is 4.79 Å². The van der Waals surface area contributed by atoms with Gasteiger partial charge in [0.25, 0.3) is 0 Å². The molecule has 0 aromatic carbocycles. The average molecular weight is 524 g/mol. The molecular weight excluding hydrogens is 478 g/mol. The molecule has 3 aliphatic rings. The van der Waals surface area contributed by atoms with Crippen molar-refractivity contribution in [3.63, 3.8) is 0 Å². The van der Waals surface area contributed by atoms with E-state index < -0.39 is 47.2 Å². The molecule has 3 aliphatic carbocycles. The highest BCUT2D eigenvalue weighted by atomic mass is 16.6. The van der Waals surface area contributed by atoms with Crippen molar-refractivity contribution in [3.8, 4) is 0 Å². The molecule has 0 aromatic rings. The highest BCUT2D eigenvalue weighted by molar-refractivity contribution is 5.87. The van der Waals surface area contributed by atoms with Crippen molar-refractivity contribution in [2.45, 2.75) is 122 Å². The lowest BCUT2D eigenvalue weighted by molar-refractivity contribution is -0.174. The summed E-state index contributed by atoms with van der Waals surface area (Å²) in [6, 6.07) is -2.65. The Balaban J connectivity index is 1.61. The van der Waals surface area contributed by atoms with Gasteiger partial charge in [-0.3, -0.25) is 4.79 Å². The first-order valence-electron chi connectivity index (χ1n) is 13.6. The number of esters is 3. The van der Waals surface area contributed by atoms with Crippen LogP contribution in [-0.4, -0.2) is 59.4 Å². The fourth-order valence-electron chi connectivity index (χ4n) is 5.76. The predicted molar refractivity (Wildman–Crippen MR) is 136 cm³/mol. The van der Waals surface area contributed by atoms with Gasteiger partial charge in [-0.2, -0.15) is 0 Å². The van der Waals surface area contributed by atoms with Crippen LogP contribution in [0.5, 0.6) is 0 Å². The smallest absolute Gasteiger partial charge is 0.329 e. The second kappa shape index (κ2) is 11.2. The Bertz CT molecular complexity index is 874. The zero-order valence-electron chi connectivity index (χ0n) is 23.2. The normalized spacial score (nSPS) is 27.2. The van der Waals surface area contributed by atoms with E-state index in [4.69, 9.17) is 19.9 Å². The second-order valence-corrected chi connectivity index (χ2v) is 12.7. The van der Waals surface area contributed by atoms with Crippen molar-refractivity contribution in [3.05, 3.63) is 0 Å². The van der Waals surface area contributed by atoms with Crippen molar-refractivity contribution in [2.24, 2.45) is 23.5 Å². The minimum Gasteiger partial charge on any atom is -0.460 e. The van der Waals surface area contributed by atoms with E-state index in [1.54, 1.807) is 41.5 Å². The number of hydrogen-bond donors (Lipinski definition) is 3. The van der Waals surface area contributed by atoms with Gasteiger partial charge in [-0.1, -0.05) is 0 Å². The van der Waals surface area contributed by atoms with E-state index in [9.17, 15) is 19.2 Å². The Morgan fingerprint density at radius 3 is 2.00 bits per heavy atom. The molecule has 2 unspecified atom stereocenters. The van der Waals surface area contributed by atoms with Gasteiger partial charge in [-0.15, -0.1) is 0 Å². The Labute approximate surface area is 220 Å². The molecule has 0 aromatic heterocycles. The number of amides is 2. The molecule has 210 valence electrons. The molecular formula is C27H45N3O7. The summed E-state index contributed by atoms with van der Waals surface area (Å²) in [5.74, 6) is 0.283. The van der Waals surface area contributed by atoms with Gasteiger partial charge in [0.2, 0.25) is 0 Å².